The van der Waals surface area contributed by atoms with Crippen LogP contribution in [0.25, 0.3) is 16.5 Å². The average molecular weight is 316 g/mol. The van der Waals surface area contributed by atoms with E-state index in [2.05, 4.69) is 28.3 Å². The van der Waals surface area contributed by atoms with Gasteiger partial charge in [0.1, 0.15) is 10.7 Å². The van der Waals surface area contributed by atoms with Crippen LogP contribution in [0.15, 0.2) is 6.07 Å². The molecule has 1 aliphatic rings. The fourth-order valence-corrected chi connectivity index (χ4v) is 4.28. The minimum Gasteiger partial charge on any atom is -0.262 e. The van der Waals surface area contributed by atoms with Crippen LogP contribution in [0.4, 0.5) is 0 Å². The van der Waals surface area contributed by atoms with Crippen molar-refractivity contribution in [2.24, 2.45) is 0 Å². The van der Waals surface area contributed by atoms with Gasteiger partial charge in [-0.3, -0.25) is 4.68 Å². The van der Waals surface area contributed by atoms with Crippen molar-refractivity contribution < 1.29 is 0 Å². The second-order valence-electron chi connectivity index (χ2n) is 5.98. The Kier molecular flexibility index (Phi) is 3.44. The summed E-state index contributed by atoms with van der Waals surface area (Å²) in [5.41, 5.74) is 1.99. The molecule has 0 unspecified atom stereocenters. The molecule has 1 aliphatic carbocycles. The van der Waals surface area contributed by atoms with Crippen LogP contribution in [0.3, 0.4) is 0 Å². The number of aryl methyl sites for hydroxylation is 2. The van der Waals surface area contributed by atoms with E-state index in [0.29, 0.717) is 5.92 Å². The SMILES string of the molecule is CCn1nc(C)cc1-c1nnc2sc(C3CCCCC3)nn12. The van der Waals surface area contributed by atoms with E-state index in [-0.39, 0.29) is 0 Å². The molecule has 116 valence electrons. The maximum Gasteiger partial charge on any atom is 0.235 e. The quantitative estimate of drug-likeness (QED) is 0.743. The van der Waals surface area contributed by atoms with Crippen LogP contribution < -0.4 is 0 Å². The van der Waals surface area contributed by atoms with Gasteiger partial charge in [-0.15, -0.1) is 10.2 Å². The summed E-state index contributed by atoms with van der Waals surface area (Å²) in [5, 5.41) is 19.2. The van der Waals surface area contributed by atoms with Crippen molar-refractivity contribution in [3.63, 3.8) is 0 Å². The zero-order chi connectivity index (χ0) is 15.1. The van der Waals surface area contributed by atoms with Gasteiger partial charge in [0.05, 0.1) is 5.69 Å². The van der Waals surface area contributed by atoms with E-state index >= 15 is 0 Å². The van der Waals surface area contributed by atoms with Gasteiger partial charge in [0, 0.05) is 12.5 Å². The lowest BCUT2D eigenvalue weighted by molar-refractivity contribution is 0.439. The maximum atomic E-state index is 4.83. The van der Waals surface area contributed by atoms with Gasteiger partial charge in [-0.05, 0) is 32.8 Å². The van der Waals surface area contributed by atoms with E-state index in [9.17, 15) is 0 Å². The van der Waals surface area contributed by atoms with Crippen molar-refractivity contribution >= 4 is 16.3 Å². The van der Waals surface area contributed by atoms with Gasteiger partial charge in [-0.25, -0.2) is 0 Å². The molecule has 0 atom stereocenters. The molecule has 0 aliphatic heterocycles. The molecule has 0 saturated heterocycles. The first kappa shape index (κ1) is 13.9. The summed E-state index contributed by atoms with van der Waals surface area (Å²) >= 11 is 1.69. The Morgan fingerprint density at radius 2 is 2.00 bits per heavy atom. The minimum atomic E-state index is 0.603. The third-order valence-electron chi connectivity index (χ3n) is 4.39. The molecule has 3 aromatic rings. The Hall–Kier alpha value is -1.76. The van der Waals surface area contributed by atoms with Crippen molar-refractivity contribution in [2.75, 3.05) is 0 Å². The van der Waals surface area contributed by atoms with Crippen LogP contribution in [0.1, 0.15) is 55.6 Å². The number of hydrogen-bond donors (Lipinski definition) is 0. The number of hydrogen-bond acceptors (Lipinski definition) is 5. The topological polar surface area (TPSA) is 60.9 Å². The fourth-order valence-electron chi connectivity index (χ4n) is 3.27. The highest BCUT2D eigenvalue weighted by Gasteiger charge is 2.23. The molecular formula is C15H20N6S. The zero-order valence-corrected chi connectivity index (χ0v) is 13.8. The molecule has 4 rings (SSSR count). The summed E-state index contributed by atoms with van der Waals surface area (Å²) in [6.07, 6.45) is 6.51. The van der Waals surface area contributed by atoms with Crippen LogP contribution in [0.5, 0.6) is 0 Å². The van der Waals surface area contributed by atoms with Gasteiger partial charge in [-0.1, -0.05) is 30.6 Å². The molecule has 6 nitrogen and oxygen atoms in total. The highest BCUT2D eigenvalue weighted by Crippen LogP contribution is 2.35. The van der Waals surface area contributed by atoms with Gasteiger partial charge >= 0.3 is 0 Å². The molecule has 0 amide bonds. The fraction of sp³-hybridized carbons (Fsp3) is 0.600. The van der Waals surface area contributed by atoms with E-state index in [4.69, 9.17) is 5.10 Å². The molecule has 0 aromatic carbocycles. The highest BCUT2D eigenvalue weighted by atomic mass is 32.1. The Balaban J connectivity index is 1.77. The standard InChI is InChI=1S/C15H20N6S/c1-3-20-12(9-10(2)18-20)13-16-17-15-21(13)19-14(22-15)11-7-5-4-6-8-11/h9,11H,3-8H2,1-2H3. The monoisotopic (exact) mass is 316 g/mol. The average Bonchev–Trinajstić information content (AvgIpc) is 3.21. The normalized spacial score (nSPS) is 16.6. The highest BCUT2D eigenvalue weighted by molar-refractivity contribution is 7.16. The minimum absolute atomic E-state index is 0.603. The van der Waals surface area contributed by atoms with Crippen molar-refractivity contribution in [3.05, 3.63) is 16.8 Å². The first-order chi connectivity index (χ1) is 10.8. The maximum absolute atomic E-state index is 4.83. The van der Waals surface area contributed by atoms with Crippen LogP contribution in [-0.2, 0) is 6.54 Å². The molecule has 1 saturated carbocycles. The summed E-state index contributed by atoms with van der Waals surface area (Å²) in [7, 11) is 0. The van der Waals surface area contributed by atoms with Crippen molar-refractivity contribution in [1.29, 1.82) is 0 Å². The summed E-state index contributed by atoms with van der Waals surface area (Å²) in [5.74, 6) is 1.40. The Morgan fingerprint density at radius 1 is 1.18 bits per heavy atom. The van der Waals surface area contributed by atoms with E-state index in [1.807, 2.05) is 16.1 Å². The molecule has 0 N–H and O–H groups in total. The van der Waals surface area contributed by atoms with Gasteiger partial charge in [0.2, 0.25) is 10.8 Å². The predicted molar refractivity (Wildman–Crippen MR) is 86.1 cm³/mol. The van der Waals surface area contributed by atoms with E-state index in [1.165, 1.54) is 37.1 Å². The lowest BCUT2D eigenvalue weighted by Crippen LogP contribution is -2.06. The van der Waals surface area contributed by atoms with Gasteiger partial charge in [0.15, 0.2) is 0 Å². The molecule has 0 radical (unpaired) electrons. The van der Waals surface area contributed by atoms with Crippen molar-refractivity contribution in [3.8, 4) is 11.5 Å². The van der Waals surface area contributed by atoms with Crippen LogP contribution in [-0.4, -0.2) is 29.6 Å². The number of aromatic nitrogens is 6. The Labute approximate surface area is 133 Å². The zero-order valence-electron chi connectivity index (χ0n) is 13.0. The second-order valence-corrected chi connectivity index (χ2v) is 6.97. The first-order valence-corrected chi connectivity index (χ1v) is 8.85. The van der Waals surface area contributed by atoms with Gasteiger partial charge in [0.25, 0.3) is 0 Å². The van der Waals surface area contributed by atoms with Crippen LogP contribution >= 0.6 is 11.3 Å². The molecule has 0 bridgehead atoms. The molecule has 7 heteroatoms. The van der Waals surface area contributed by atoms with Crippen LogP contribution in [0.2, 0.25) is 0 Å². The first-order valence-electron chi connectivity index (χ1n) is 8.03. The van der Waals surface area contributed by atoms with Gasteiger partial charge < -0.3 is 0 Å². The summed E-state index contributed by atoms with van der Waals surface area (Å²) < 4.78 is 3.86. The van der Waals surface area contributed by atoms with E-state index in [0.717, 1.165) is 28.7 Å². The lowest BCUT2D eigenvalue weighted by atomic mass is 9.90. The molecular weight excluding hydrogens is 296 g/mol. The van der Waals surface area contributed by atoms with Gasteiger partial charge in [-0.2, -0.15) is 14.7 Å². The molecule has 0 spiro atoms. The summed E-state index contributed by atoms with van der Waals surface area (Å²) in [6.45, 7) is 4.91. The molecule has 22 heavy (non-hydrogen) atoms. The van der Waals surface area contributed by atoms with Crippen molar-refractivity contribution in [2.45, 2.75) is 58.4 Å². The third-order valence-corrected chi connectivity index (χ3v) is 5.45. The molecule has 3 heterocycles. The number of fused-ring (bicyclic) bond motifs is 1. The Bertz CT molecular complexity index is 792. The van der Waals surface area contributed by atoms with Crippen molar-refractivity contribution in [1.82, 2.24) is 29.6 Å². The second kappa shape index (κ2) is 5.46. The van der Waals surface area contributed by atoms with Crippen LogP contribution in [0, 0.1) is 6.92 Å². The molecule has 1 fully saturated rings. The molecule has 3 aromatic heterocycles. The van der Waals surface area contributed by atoms with E-state index in [1.54, 1.807) is 11.3 Å². The number of rotatable bonds is 3. The van der Waals surface area contributed by atoms with E-state index < -0.39 is 0 Å². The number of nitrogens with zero attached hydrogens (tertiary/aromatic N) is 6. The largest absolute Gasteiger partial charge is 0.262 e. The lowest BCUT2D eigenvalue weighted by Gasteiger charge is -2.18. The Morgan fingerprint density at radius 3 is 2.77 bits per heavy atom. The summed E-state index contributed by atoms with van der Waals surface area (Å²) in [6, 6.07) is 2.06. The predicted octanol–water partition coefficient (Wildman–Crippen LogP) is 3.43. The summed E-state index contributed by atoms with van der Waals surface area (Å²) in [4.78, 5) is 0.886. The smallest absolute Gasteiger partial charge is 0.235 e. The third kappa shape index (κ3) is 2.24.